The molecule has 0 unspecified atom stereocenters. The van der Waals surface area contributed by atoms with Crippen molar-refractivity contribution in [3.8, 4) is 0 Å². The molecular weight excluding hydrogens is 226 g/mol. The molecule has 0 saturated carbocycles. The van der Waals surface area contributed by atoms with Crippen LogP contribution in [0.1, 0.15) is 15.5 Å². The molecule has 0 spiro atoms. The fourth-order valence-corrected chi connectivity index (χ4v) is 2.17. The number of nitrogens with one attached hydrogen (secondary N) is 2. The van der Waals surface area contributed by atoms with Gasteiger partial charge in [0, 0.05) is 38.0 Å². The van der Waals surface area contributed by atoms with Crippen LogP contribution in [0.4, 0.5) is 0 Å². The summed E-state index contributed by atoms with van der Waals surface area (Å²) in [6.45, 7) is 3.17. The minimum atomic E-state index is -0.0921. The number of ether oxygens (including phenoxy) is 1. The number of hydrogen-bond acceptors (Lipinski definition) is 5. The minimum Gasteiger partial charge on any atom is -0.378 e. The highest BCUT2D eigenvalue weighted by atomic mass is 32.1. The number of thiazole rings is 1. The van der Waals surface area contributed by atoms with Crippen LogP contribution in [0.15, 0.2) is 5.38 Å². The van der Waals surface area contributed by atoms with Gasteiger partial charge in [0.2, 0.25) is 0 Å². The van der Waals surface area contributed by atoms with E-state index in [4.69, 9.17) is 4.74 Å². The highest BCUT2D eigenvalue weighted by Crippen LogP contribution is 2.10. The number of carbonyl (C=O) groups is 1. The Morgan fingerprint density at radius 1 is 1.75 bits per heavy atom. The zero-order chi connectivity index (χ0) is 11.4. The lowest BCUT2D eigenvalue weighted by Gasteiger charge is -2.26. The third-order valence-electron chi connectivity index (χ3n) is 2.47. The lowest BCUT2D eigenvalue weighted by atomic mass is 10.0. The molecule has 2 rings (SSSR count). The van der Waals surface area contributed by atoms with Gasteiger partial charge in [-0.05, 0) is 0 Å². The Kier molecular flexibility index (Phi) is 3.87. The van der Waals surface area contributed by atoms with Gasteiger partial charge in [-0.1, -0.05) is 0 Å². The van der Waals surface area contributed by atoms with E-state index in [-0.39, 0.29) is 5.91 Å². The molecule has 1 saturated heterocycles. The summed E-state index contributed by atoms with van der Waals surface area (Å²) in [6.07, 6.45) is 0. The van der Waals surface area contributed by atoms with E-state index >= 15 is 0 Å². The van der Waals surface area contributed by atoms with Gasteiger partial charge >= 0.3 is 0 Å². The second-order valence-corrected chi connectivity index (χ2v) is 4.74. The van der Waals surface area contributed by atoms with Crippen LogP contribution in [0, 0.1) is 5.92 Å². The number of carbonyl (C=O) groups excluding carboxylic acids is 1. The van der Waals surface area contributed by atoms with E-state index in [1.54, 1.807) is 12.5 Å². The molecule has 1 amide bonds. The number of hydrogen-bond donors (Lipinski definition) is 2. The SMILES string of the molecule is COCc1nc(C(=O)NCC2CNC2)cs1. The van der Waals surface area contributed by atoms with E-state index in [0.29, 0.717) is 18.2 Å². The van der Waals surface area contributed by atoms with E-state index in [9.17, 15) is 4.79 Å². The van der Waals surface area contributed by atoms with Crippen molar-refractivity contribution in [2.45, 2.75) is 6.61 Å². The quantitative estimate of drug-likeness (QED) is 0.775. The molecule has 1 aliphatic heterocycles. The van der Waals surface area contributed by atoms with E-state index < -0.39 is 0 Å². The first-order valence-electron chi connectivity index (χ1n) is 5.22. The average molecular weight is 241 g/mol. The average Bonchev–Trinajstić information content (AvgIpc) is 2.64. The van der Waals surface area contributed by atoms with Gasteiger partial charge in [-0.3, -0.25) is 4.79 Å². The zero-order valence-corrected chi connectivity index (χ0v) is 9.97. The Hall–Kier alpha value is -0.980. The Bertz CT molecular complexity index is 363. The molecule has 88 valence electrons. The highest BCUT2D eigenvalue weighted by molar-refractivity contribution is 7.09. The molecule has 2 N–H and O–H groups in total. The molecule has 1 fully saturated rings. The van der Waals surface area contributed by atoms with E-state index in [0.717, 1.165) is 24.6 Å². The Morgan fingerprint density at radius 3 is 3.19 bits per heavy atom. The van der Waals surface area contributed by atoms with Crippen molar-refractivity contribution < 1.29 is 9.53 Å². The second-order valence-electron chi connectivity index (χ2n) is 3.79. The van der Waals surface area contributed by atoms with Crippen molar-refractivity contribution >= 4 is 17.2 Å². The van der Waals surface area contributed by atoms with E-state index in [1.807, 2.05) is 0 Å². The first kappa shape index (κ1) is 11.5. The number of nitrogens with zero attached hydrogens (tertiary/aromatic N) is 1. The van der Waals surface area contributed by atoms with E-state index in [1.165, 1.54) is 11.3 Å². The molecule has 5 nitrogen and oxygen atoms in total. The monoisotopic (exact) mass is 241 g/mol. The van der Waals surface area contributed by atoms with Crippen LogP contribution in [0.25, 0.3) is 0 Å². The molecule has 1 aromatic rings. The van der Waals surface area contributed by atoms with Gasteiger partial charge in [-0.25, -0.2) is 4.98 Å². The Labute approximate surface area is 98.2 Å². The maximum absolute atomic E-state index is 11.7. The summed E-state index contributed by atoms with van der Waals surface area (Å²) in [5.74, 6) is 0.478. The second kappa shape index (κ2) is 5.38. The lowest BCUT2D eigenvalue weighted by Crippen LogP contribution is -2.48. The number of aromatic nitrogens is 1. The first-order valence-corrected chi connectivity index (χ1v) is 6.10. The smallest absolute Gasteiger partial charge is 0.270 e. The van der Waals surface area contributed by atoms with Gasteiger partial charge in [-0.15, -0.1) is 11.3 Å². The largest absolute Gasteiger partial charge is 0.378 e. The maximum atomic E-state index is 11.7. The van der Waals surface area contributed by atoms with Crippen molar-refractivity contribution in [3.05, 3.63) is 16.1 Å². The van der Waals surface area contributed by atoms with Crippen LogP contribution in [0.3, 0.4) is 0 Å². The first-order chi connectivity index (χ1) is 7.79. The standard InChI is InChI=1S/C10H15N3O2S/c1-15-5-9-13-8(6-16-9)10(14)12-4-7-2-11-3-7/h6-7,11H,2-5H2,1H3,(H,12,14). The highest BCUT2D eigenvalue weighted by Gasteiger charge is 2.18. The van der Waals surface area contributed by atoms with Gasteiger partial charge < -0.3 is 15.4 Å². The molecule has 6 heteroatoms. The van der Waals surface area contributed by atoms with Crippen LogP contribution in [0.2, 0.25) is 0 Å². The van der Waals surface area contributed by atoms with Crippen molar-refractivity contribution in [2.75, 3.05) is 26.7 Å². The van der Waals surface area contributed by atoms with Gasteiger partial charge in [0.05, 0.1) is 6.61 Å². The fraction of sp³-hybridized carbons (Fsp3) is 0.600. The molecule has 1 aromatic heterocycles. The van der Waals surface area contributed by atoms with Crippen molar-refractivity contribution in [3.63, 3.8) is 0 Å². The van der Waals surface area contributed by atoms with Crippen LogP contribution in [-0.2, 0) is 11.3 Å². The van der Waals surface area contributed by atoms with Gasteiger partial charge in [-0.2, -0.15) is 0 Å². The van der Waals surface area contributed by atoms with Crippen LogP contribution >= 0.6 is 11.3 Å². The van der Waals surface area contributed by atoms with Crippen LogP contribution in [-0.4, -0.2) is 37.6 Å². The number of methoxy groups -OCH3 is 1. The molecule has 1 aliphatic rings. The van der Waals surface area contributed by atoms with Crippen LogP contribution in [0.5, 0.6) is 0 Å². The zero-order valence-electron chi connectivity index (χ0n) is 9.16. The molecule has 0 aromatic carbocycles. The fourth-order valence-electron chi connectivity index (χ4n) is 1.43. The third kappa shape index (κ3) is 2.78. The van der Waals surface area contributed by atoms with E-state index in [2.05, 4.69) is 15.6 Å². The molecule has 0 radical (unpaired) electrons. The van der Waals surface area contributed by atoms with Crippen molar-refractivity contribution in [1.29, 1.82) is 0 Å². The predicted octanol–water partition coefficient (Wildman–Crippen LogP) is 0.239. The summed E-state index contributed by atoms with van der Waals surface area (Å²) in [7, 11) is 1.62. The molecule has 0 bridgehead atoms. The molecular formula is C10H15N3O2S. The van der Waals surface area contributed by atoms with Gasteiger partial charge in [0.15, 0.2) is 0 Å². The minimum absolute atomic E-state index is 0.0921. The van der Waals surface area contributed by atoms with Gasteiger partial charge in [0.25, 0.3) is 5.91 Å². The summed E-state index contributed by atoms with van der Waals surface area (Å²) in [5.41, 5.74) is 0.490. The topological polar surface area (TPSA) is 63.2 Å². The summed E-state index contributed by atoms with van der Waals surface area (Å²) < 4.78 is 4.95. The van der Waals surface area contributed by atoms with Crippen molar-refractivity contribution in [2.24, 2.45) is 5.92 Å². The molecule has 16 heavy (non-hydrogen) atoms. The number of rotatable bonds is 5. The summed E-state index contributed by atoms with van der Waals surface area (Å²) in [6, 6.07) is 0. The molecule has 0 aliphatic carbocycles. The maximum Gasteiger partial charge on any atom is 0.270 e. The van der Waals surface area contributed by atoms with Crippen LogP contribution < -0.4 is 10.6 Å². The summed E-state index contributed by atoms with van der Waals surface area (Å²) in [4.78, 5) is 15.9. The summed E-state index contributed by atoms with van der Waals surface area (Å²) >= 11 is 1.45. The molecule has 2 heterocycles. The number of amides is 1. The Balaban J connectivity index is 1.82. The van der Waals surface area contributed by atoms with Crippen molar-refractivity contribution in [1.82, 2.24) is 15.6 Å². The predicted molar refractivity (Wildman–Crippen MR) is 61.5 cm³/mol. The third-order valence-corrected chi connectivity index (χ3v) is 3.29. The molecule has 0 atom stereocenters. The normalized spacial score (nSPS) is 15.8. The Morgan fingerprint density at radius 2 is 2.56 bits per heavy atom. The summed E-state index contributed by atoms with van der Waals surface area (Å²) in [5, 5.41) is 8.64. The van der Waals surface area contributed by atoms with Gasteiger partial charge in [0.1, 0.15) is 10.7 Å². The lowest BCUT2D eigenvalue weighted by molar-refractivity contribution is 0.0937.